The van der Waals surface area contributed by atoms with Crippen molar-refractivity contribution in [2.45, 2.75) is 12.5 Å². The molecule has 1 aromatic carbocycles. The van der Waals surface area contributed by atoms with Gasteiger partial charge in [0.25, 0.3) is 0 Å². The molecule has 1 rings (SSSR count). The maximum Gasteiger partial charge on any atom is 1.00 e. The van der Waals surface area contributed by atoms with Gasteiger partial charge in [-0.1, -0.05) is 30.3 Å². The minimum absolute atomic E-state index is 0. The minimum Gasteiger partial charge on any atom is -1.00 e. The van der Waals surface area contributed by atoms with Crippen molar-refractivity contribution in [2.24, 2.45) is 5.73 Å². The number of rotatable bonds is 3. The van der Waals surface area contributed by atoms with E-state index in [-0.39, 0.29) is 31.0 Å². The molecule has 1 unspecified atom stereocenters. The molecule has 0 saturated heterocycles. The molecule has 0 saturated carbocycles. The first-order valence-electron chi connectivity index (χ1n) is 3.72. The second-order valence-electron chi connectivity index (χ2n) is 2.63. The van der Waals surface area contributed by atoms with Crippen LogP contribution in [0, 0.1) is 0 Å². The summed E-state index contributed by atoms with van der Waals surface area (Å²) in [5.74, 6) is -0.959. The van der Waals surface area contributed by atoms with Crippen LogP contribution in [0.4, 0.5) is 0 Å². The van der Waals surface area contributed by atoms with Gasteiger partial charge in [0.1, 0.15) is 6.04 Å². The number of hydrogen-bond acceptors (Lipinski definition) is 2. The summed E-state index contributed by atoms with van der Waals surface area (Å²) in [5.41, 5.74) is 6.30. The molecule has 3 nitrogen and oxygen atoms in total. The fourth-order valence-corrected chi connectivity index (χ4v) is 0.955. The second kappa shape index (κ2) is 6.16. The predicted molar refractivity (Wildman–Crippen MR) is 46.9 cm³/mol. The molecule has 0 fully saturated rings. The molecule has 1 aromatic rings. The first kappa shape index (κ1) is 12.7. The third-order valence-electron chi connectivity index (χ3n) is 1.62. The number of hydrogen-bond donors (Lipinski definition) is 2. The zero-order valence-corrected chi connectivity index (χ0v) is 9.60. The topological polar surface area (TPSA) is 63.3 Å². The number of nitrogens with two attached hydrogens (primary N) is 1. The maximum absolute atomic E-state index is 10.4. The van der Waals surface area contributed by atoms with Crippen LogP contribution < -0.4 is 35.3 Å². The Kier molecular flexibility index (Phi) is 5.99. The number of benzene rings is 1. The van der Waals surface area contributed by atoms with E-state index in [1.165, 1.54) is 0 Å². The van der Waals surface area contributed by atoms with Crippen molar-refractivity contribution in [3.05, 3.63) is 35.9 Å². The van der Waals surface area contributed by atoms with E-state index in [1.807, 2.05) is 30.3 Å². The van der Waals surface area contributed by atoms with Gasteiger partial charge in [-0.15, -0.1) is 0 Å². The molecular formula is C9H12NNaO2. The van der Waals surface area contributed by atoms with E-state index in [1.54, 1.807) is 0 Å². The Labute approximate surface area is 101 Å². The average Bonchev–Trinajstić information content (AvgIpc) is 2.06. The van der Waals surface area contributed by atoms with E-state index in [4.69, 9.17) is 10.8 Å². The minimum atomic E-state index is -0.959. The van der Waals surface area contributed by atoms with Gasteiger partial charge in [-0.3, -0.25) is 4.79 Å². The molecule has 66 valence electrons. The van der Waals surface area contributed by atoms with Crippen LogP contribution >= 0.6 is 0 Å². The monoisotopic (exact) mass is 189 g/mol. The Hall–Kier alpha value is -0.350. The molecule has 0 heterocycles. The number of carboxylic acids is 1. The van der Waals surface area contributed by atoms with E-state index >= 15 is 0 Å². The van der Waals surface area contributed by atoms with Gasteiger partial charge in [0.05, 0.1) is 0 Å². The van der Waals surface area contributed by atoms with E-state index in [2.05, 4.69) is 0 Å². The summed E-state index contributed by atoms with van der Waals surface area (Å²) >= 11 is 0. The third-order valence-corrected chi connectivity index (χ3v) is 1.62. The van der Waals surface area contributed by atoms with Crippen LogP contribution in [0.1, 0.15) is 6.99 Å². The molecule has 0 amide bonds. The van der Waals surface area contributed by atoms with Crippen LogP contribution in [0.5, 0.6) is 0 Å². The summed E-state index contributed by atoms with van der Waals surface area (Å²) in [6.07, 6.45) is 0.385. The van der Waals surface area contributed by atoms with Gasteiger partial charge in [0.2, 0.25) is 0 Å². The molecule has 0 aromatic heterocycles. The molecule has 0 radical (unpaired) electrons. The molecule has 0 aliphatic carbocycles. The van der Waals surface area contributed by atoms with Gasteiger partial charge in [0.15, 0.2) is 0 Å². The van der Waals surface area contributed by atoms with Crippen LogP contribution in [-0.2, 0) is 11.2 Å². The fourth-order valence-electron chi connectivity index (χ4n) is 0.955. The summed E-state index contributed by atoms with van der Waals surface area (Å²) in [7, 11) is 0. The summed E-state index contributed by atoms with van der Waals surface area (Å²) in [4.78, 5) is 10.4. The number of carbonyl (C=O) groups is 1. The standard InChI is InChI=1S/C9H11NO2.Na.H/c10-8(9(11)12)6-7-4-2-1-3-5-7;;/h1-5,8H,6,10H2,(H,11,12);;/q;+1;-1. The van der Waals surface area contributed by atoms with Gasteiger partial charge in [0, 0.05) is 0 Å². The van der Waals surface area contributed by atoms with Crippen molar-refractivity contribution >= 4 is 5.97 Å². The van der Waals surface area contributed by atoms with Crippen molar-refractivity contribution in [1.29, 1.82) is 0 Å². The largest absolute Gasteiger partial charge is 1.00 e. The van der Waals surface area contributed by atoms with Crippen LogP contribution in [0.25, 0.3) is 0 Å². The molecular weight excluding hydrogens is 177 g/mol. The number of aliphatic carboxylic acids is 1. The van der Waals surface area contributed by atoms with Gasteiger partial charge < -0.3 is 12.3 Å². The third kappa shape index (κ3) is 4.43. The predicted octanol–water partition coefficient (Wildman–Crippen LogP) is -2.24. The van der Waals surface area contributed by atoms with E-state index in [0.717, 1.165) is 5.56 Å². The Balaban J connectivity index is 0. The van der Waals surface area contributed by atoms with E-state index in [0.29, 0.717) is 6.42 Å². The summed E-state index contributed by atoms with van der Waals surface area (Å²) < 4.78 is 0. The maximum atomic E-state index is 10.4. The van der Waals surface area contributed by atoms with Gasteiger partial charge >= 0.3 is 35.5 Å². The van der Waals surface area contributed by atoms with Crippen LogP contribution in [0.3, 0.4) is 0 Å². The van der Waals surface area contributed by atoms with Crippen molar-refractivity contribution in [3.63, 3.8) is 0 Å². The molecule has 3 N–H and O–H groups in total. The average molecular weight is 189 g/mol. The molecule has 0 spiro atoms. The van der Waals surface area contributed by atoms with Crippen LogP contribution in [0.15, 0.2) is 30.3 Å². The van der Waals surface area contributed by atoms with Gasteiger partial charge in [-0.25, -0.2) is 0 Å². The molecule has 0 aliphatic heterocycles. The molecule has 4 heteroatoms. The Morgan fingerprint density at radius 3 is 2.46 bits per heavy atom. The van der Waals surface area contributed by atoms with Crippen molar-refractivity contribution in [3.8, 4) is 0 Å². The smallest absolute Gasteiger partial charge is 1.00 e. The van der Waals surface area contributed by atoms with Crippen LogP contribution in [-0.4, -0.2) is 17.1 Å². The SMILES string of the molecule is NC(Cc1ccccc1)C(=O)O.[H-].[Na+]. The van der Waals surface area contributed by atoms with Crippen molar-refractivity contribution in [1.82, 2.24) is 0 Å². The van der Waals surface area contributed by atoms with Crippen molar-refractivity contribution < 1.29 is 40.9 Å². The second-order valence-corrected chi connectivity index (χ2v) is 2.63. The first-order valence-corrected chi connectivity index (χ1v) is 3.72. The Morgan fingerprint density at radius 1 is 1.46 bits per heavy atom. The number of carboxylic acid groups (broad SMARTS) is 1. The van der Waals surface area contributed by atoms with Gasteiger partial charge in [-0.2, -0.15) is 0 Å². The van der Waals surface area contributed by atoms with Gasteiger partial charge in [-0.05, 0) is 12.0 Å². The Morgan fingerprint density at radius 2 is 2.00 bits per heavy atom. The molecule has 0 bridgehead atoms. The first-order chi connectivity index (χ1) is 5.70. The normalized spacial score (nSPS) is 11.5. The summed E-state index contributed by atoms with van der Waals surface area (Å²) in [6, 6.07) is 8.54. The van der Waals surface area contributed by atoms with Crippen LogP contribution in [0.2, 0.25) is 0 Å². The summed E-state index contributed by atoms with van der Waals surface area (Å²) in [6.45, 7) is 0. The van der Waals surface area contributed by atoms with E-state index in [9.17, 15) is 4.79 Å². The summed E-state index contributed by atoms with van der Waals surface area (Å²) in [5, 5.41) is 8.52. The molecule has 1 atom stereocenters. The Bertz CT molecular complexity index is 269. The zero-order valence-electron chi connectivity index (χ0n) is 8.60. The quantitative estimate of drug-likeness (QED) is 0.528. The van der Waals surface area contributed by atoms with Crippen molar-refractivity contribution in [2.75, 3.05) is 0 Å². The molecule has 0 aliphatic rings. The van der Waals surface area contributed by atoms with E-state index < -0.39 is 12.0 Å². The zero-order chi connectivity index (χ0) is 8.97. The fraction of sp³-hybridized carbons (Fsp3) is 0.222. The molecule has 13 heavy (non-hydrogen) atoms.